The van der Waals surface area contributed by atoms with Crippen LogP contribution >= 0.6 is 0 Å². The zero-order chi connectivity index (χ0) is 16.6. The minimum Gasteiger partial charge on any atom is -0.610 e. The van der Waals surface area contributed by atoms with Gasteiger partial charge in [-0.15, -0.1) is 0 Å². The Labute approximate surface area is 137 Å². The molecule has 120 valence electrons. The largest absolute Gasteiger partial charge is 0.610 e. The molecule has 3 aromatic rings. The summed E-state index contributed by atoms with van der Waals surface area (Å²) >= 11 is -1.11. The number of anilines is 1. The summed E-state index contributed by atoms with van der Waals surface area (Å²) in [5, 5.41) is 0.552. The average Bonchev–Trinajstić information content (AvgIpc) is 2.89. The molecule has 0 saturated heterocycles. The lowest BCUT2D eigenvalue weighted by atomic mass is 10.2. The summed E-state index contributed by atoms with van der Waals surface area (Å²) in [5.74, 6) is 1.27. The molecular formula is C16H18N4O2S. The fourth-order valence-corrected chi connectivity index (χ4v) is 2.91. The summed E-state index contributed by atoms with van der Waals surface area (Å²) in [7, 11) is 1.91. The maximum atomic E-state index is 11.6. The van der Waals surface area contributed by atoms with Crippen LogP contribution in [0.5, 0.6) is 11.5 Å². The number of nitrogens with zero attached hydrogens (tertiary/aromatic N) is 3. The van der Waals surface area contributed by atoms with Crippen LogP contribution in [0.2, 0.25) is 0 Å². The van der Waals surface area contributed by atoms with Crippen LogP contribution in [0.15, 0.2) is 35.7 Å². The monoisotopic (exact) mass is 330 g/mol. The number of pyridine rings is 1. The van der Waals surface area contributed by atoms with Crippen molar-refractivity contribution in [2.24, 2.45) is 7.05 Å². The van der Waals surface area contributed by atoms with Gasteiger partial charge in [-0.3, -0.25) is 0 Å². The van der Waals surface area contributed by atoms with Gasteiger partial charge in [-0.2, -0.15) is 0 Å². The van der Waals surface area contributed by atoms with Crippen molar-refractivity contribution in [3.63, 3.8) is 0 Å². The van der Waals surface area contributed by atoms with Crippen molar-refractivity contribution in [2.45, 2.75) is 18.4 Å². The third kappa shape index (κ3) is 2.97. The van der Waals surface area contributed by atoms with Crippen LogP contribution in [0.4, 0.5) is 5.69 Å². The maximum absolute atomic E-state index is 11.6. The predicted molar refractivity (Wildman–Crippen MR) is 91.1 cm³/mol. The van der Waals surface area contributed by atoms with Crippen molar-refractivity contribution < 1.29 is 9.29 Å². The SMILES string of the molecule is CCc1cc([S+](C)[O-])ncc1Oc1cc(N)c2ncn(C)c2c1. The molecule has 0 aliphatic carbocycles. The topological polar surface area (TPSA) is 89.0 Å². The van der Waals surface area contributed by atoms with Gasteiger partial charge in [-0.1, -0.05) is 6.92 Å². The molecule has 0 fully saturated rings. The van der Waals surface area contributed by atoms with Gasteiger partial charge in [0, 0.05) is 42.0 Å². The molecule has 7 heteroatoms. The van der Waals surface area contributed by atoms with Crippen LogP contribution in [0.3, 0.4) is 0 Å². The van der Waals surface area contributed by atoms with Crippen molar-refractivity contribution in [3.8, 4) is 11.5 Å². The molecule has 0 amide bonds. The summed E-state index contributed by atoms with van der Waals surface area (Å²) < 4.78 is 19.4. The van der Waals surface area contributed by atoms with E-state index < -0.39 is 11.2 Å². The van der Waals surface area contributed by atoms with Gasteiger partial charge in [0.05, 0.1) is 23.7 Å². The Bertz CT molecular complexity index is 861. The van der Waals surface area contributed by atoms with E-state index in [1.165, 1.54) is 0 Å². The number of hydrogen-bond donors (Lipinski definition) is 1. The van der Waals surface area contributed by atoms with Crippen molar-refractivity contribution >= 4 is 27.9 Å². The Morgan fingerprint density at radius 3 is 2.78 bits per heavy atom. The molecule has 3 rings (SSSR count). The van der Waals surface area contributed by atoms with Gasteiger partial charge in [-0.05, 0) is 6.42 Å². The molecule has 23 heavy (non-hydrogen) atoms. The van der Waals surface area contributed by atoms with E-state index >= 15 is 0 Å². The highest BCUT2D eigenvalue weighted by Crippen LogP contribution is 2.31. The lowest BCUT2D eigenvalue weighted by Gasteiger charge is -2.12. The smallest absolute Gasteiger partial charge is 0.244 e. The lowest BCUT2D eigenvalue weighted by Crippen LogP contribution is -2.03. The molecule has 6 nitrogen and oxygen atoms in total. The van der Waals surface area contributed by atoms with Crippen LogP contribution in [0.25, 0.3) is 11.0 Å². The molecule has 0 saturated carbocycles. The van der Waals surface area contributed by atoms with Gasteiger partial charge < -0.3 is 19.6 Å². The summed E-state index contributed by atoms with van der Waals surface area (Å²) in [6.45, 7) is 2.02. The Kier molecular flexibility index (Phi) is 4.14. The molecule has 0 bridgehead atoms. The standard InChI is InChI=1S/C16H18N4O2S/c1-4-10-5-15(23(3)21)18-8-14(10)22-11-6-12(17)16-13(7-11)20(2)9-19-16/h5-9H,4,17H2,1-3H3. The Morgan fingerprint density at radius 2 is 2.09 bits per heavy atom. The normalized spacial score (nSPS) is 12.5. The molecule has 1 atom stereocenters. The first-order chi connectivity index (χ1) is 11.0. The van der Waals surface area contributed by atoms with Gasteiger partial charge in [0.25, 0.3) is 0 Å². The van der Waals surface area contributed by atoms with E-state index in [4.69, 9.17) is 10.5 Å². The quantitative estimate of drug-likeness (QED) is 0.587. The maximum Gasteiger partial charge on any atom is 0.244 e. The van der Waals surface area contributed by atoms with E-state index in [2.05, 4.69) is 9.97 Å². The van der Waals surface area contributed by atoms with E-state index in [0.717, 1.165) is 23.0 Å². The molecule has 2 N–H and O–H groups in total. The van der Waals surface area contributed by atoms with Gasteiger partial charge in [0.2, 0.25) is 5.03 Å². The number of nitrogen functional groups attached to an aromatic ring is 1. The number of benzene rings is 1. The summed E-state index contributed by atoms with van der Waals surface area (Å²) in [4.78, 5) is 8.47. The van der Waals surface area contributed by atoms with Gasteiger partial charge in [0.1, 0.15) is 23.3 Å². The summed E-state index contributed by atoms with van der Waals surface area (Å²) in [6.07, 6.45) is 5.69. The summed E-state index contributed by atoms with van der Waals surface area (Å²) in [6, 6.07) is 5.46. The number of rotatable bonds is 4. The van der Waals surface area contributed by atoms with Crippen LogP contribution in [0.1, 0.15) is 12.5 Å². The fraction of sp³-hybridized carbons (Fsp3) is 0.250. The number of aromatic nitrogens is 3. The number of aryl methyl sites for hydroxylation is 2. The van der Waals surface area contributed by atoms with Crippen molar-refractivity contribution in [1.29, 1.82) is 0 Å². The van der Waals surface area contributed by atoms with Gasteiger partial charge in [-0.25, -0.2) is 9.97 Å². The van der Waals surface area contributed by atoms with Crippen LogP contribution in [-0.2, 0) is 24.6 Å². The molecule has 0 spiro atoms. The number of fused-ring (bicyclic) bond motifs is 1. The molecule has 1 unspecified atom stereocenters. The highest BCUT2D eigenvalue weighted by atomic mass is 32.2. The number of ether oxygens (including phenoxy) is 1. The molecular weight excluding hydrogens is 312 g/mol. The molecule has 0 aliphatic heterocycles. The highest BCUT2D eigenvalue weighted by Gasteiger charge is 2.13. The molecule has 1 aromatic carbocycles. The van der Waals surface area contributed by atoms with E-state index in [0.29, 0.717) is 22.2 Å². The zero-order valence-corrected chi connectivity index (χ0v) is 14.1. The summed E-state index contributed by atoms with van der Waals surface area (Å²) in [5.41, 5.74) is 9.22. The predicted octanol–water partition coefficient (Wildman–Crippen LogP) is 2.64. The second-order valence-corrected chi connectivity index (χ2v) is 6.60. The van der Waals surface area contributed by atoms with Crippen molar-refractivity contribution in [1.82, 2.24) is 14.5 Å². The van der Waals surface area contributed by atoms with E-state index in [9.17, 15) is 4.55 Å². The first-order valence-corrected chi connectivity index (χ1v) is 8.76. The van der Waals surface area contributed by atoms with E-state index in [-0.39, 0.29) is 0 Å². The molecule has 2 heterocycles. The first-order valence-electron chi connectivity index (χ1n) is 7.20. The van der Waals surface area contributed by atoms with E-state index in [1.54, 1.807) is 24.8 Å². The number of nitrogens with two attached hydrogens (primary N) is 1. The zero-order valence-electron chi connectivity index (χ0n) is 13.2. The van der Waals surface area contributed by atoms with Gasteiger partial charge >= 0.3 is 0 Å². The molecule has 2 aromatic heterocycles. The van der Waals surface area contributed by atoms with Crippen molar-refractivity contribution in [2.75, 3.05) is 12.0 Å². The van der Waals surface area contributed by atoms with Crippen LogP contribution < -0.4 is 10.5 Å². The Balaban J connectivity index is 2.00. The Hall–Kier alpha value is -2.25. The third-order valence-corrected chi connectivity index (χ3v) is 4.47. The highest BCUT2D eigenvalue weighted by molar-refractivity contribution is 7.90. The minimum atomic E-state index is -1.11. The lowest BCUT2D eigenvalue weighted by molar-refractivity contribution is 0.473. The third-order valence-electron chi connectivity index (χ3n) is 3.66. The van der Waals surface area contributed by atoms with E-state index in [1.807, 2.05) is 30.7 Å². The van der Waals surface area contributed by atoms with Crippen LogP contribution in [0, 0.1) is 0 Å². The van der Waals surface area contributed by atoms with Gasteiger partial charge in [0.15, 0.2) is 0 Å². The number of imidazole rings is 1. The average molecular weight is 330 g/mol. The number of hydrogen-bond acceptors (Lipinski definition) is 5. The Morgan fingerprint density at radius 1 is 1.30 bits per heavy atom. The molecule has 0 radical (unpaired) electrons. The second kappa shape index (κ2) is 6.10. The van der Waals surface area contributed by atoms with Crippen molar-refractivity contribution in [3.05, 3.63) is 36.3 Å². The second-order valence-electron chi connectivity index (χ2n) is 5.28. The fourth-order valence-electron chi connectivity index (χ4n) is 2.40. The minimum absolute atomic E-state index is 0.552. The molecule has 0 aliphatic rings. The van der Waals surface area contributed by atoms with Crippen LogP contribution in [-0.4, -0.2) is 25.3 Å². The first kappa shape index (κ1) is 15.6.